The SMILES string of the molecule is O=C(CNc1ccccc1C(F)(F)F)NCc1ccccc1Cl. The molecule has 0 aromatic heterocycles. The van der Waals surface area contributed by atoms with Crippen molar-refractivity contribution in [1.82, 2.24) is 5.32 Å². The number of hydrogen-bond acceptors (Lipinski definition) is 2. The lowest BCUT2D eigenvalue weighted by Gasteiger charge is -2.14. The number of benzene rings is 2. The zero-order valence-electron chi connectivity index (χ0n) is 12.0. The smallest absolute Gasteiger partial charge is 0.376 e. The number of carbonyl (C=O) groups excluding carboxylic acids is 1. The van der Waals surface area contributed by atoms with Crippen LogP contribution in [0.15, 0.2) is 48.5 Å². The van der Waals surface area contributed by atoms with Crippen molar-refractivity contribution in [3.8, 4) is 0 Å². The first-order valence-corrected chi connectivity index (χ1v) is 7.16. The summed E-state index contributed by atoms with van der Waals surface area (Å²) in [6, 6.07) is 12.0. The average molecular weight is 343 g/mol. The van der Waals surface area contributed by atoms with Gasteiger partial charge in [-0.3, -0.25) is 4.79 Å². The Morgan fingerprint density at radius 2 is 1.70 bits per heavy atom. The molecule has 7 heteroatoms. The van der Waals surface area contributed by atoms with E-state index in [2.05, 4.69) is 10.6 Å². The maximum Gasteiger partial charge on any atom is 0.418 e. The average Bonchev–Trinajstić information content (AvgIpc) is 2.51. The molecular formula is C16H14ClF3N2O. The molecular weight excluding hydrogens is 329 g/mol. The molecule has 3 nitrogen and oxygen atoms in total. The molecule has 0 saturated heterocycles. The standard InChI is InChI=1S/C16H14ClF3N2O/c17-13-7-3-1-5-11(13)9-22-15(23)10-21-14-8-4-2-6-12(14)16(18,19)20/h1-8,21H,9-10H2,(H,22,23). The van der Waals surface area contributed by atoms with Crippen LogP contribution in [0.4, 0.5) is 18.9 Å². The third-order valence-electron chi connectivity index (χ3n) is 3.11. The predicted octanol–water partition coefficient (Wildman–Crippen LogP) is 4.09. The Hall–Kier alpha value is -2.21. The molecule has 2 rings (SSSR count). The molecule has 1 amide bonds. The van der Waals surface area contributed by atoms with Crippen LogP contribution in [0.25, 0.3) is 0 Å². The predicted molar refractivity (Wildman–Crippen MR) is 83.2 cm³/mol. The number of para-hydroxylation sites is 1. The monoisotopic (exact) mass is 342 g/mol. The van der Waals surface area contributed by atoms with Crippen LogP contribution in [-0.2, 0) is 17.5 Å². The maximum atomic E-state index is 12.8. The van der Waals surface area contributed by atoms with Crippen LogP contribution in [0.5, 0.6) is 0 Å². The van der Waals surface area contributed by atoms with Gasteiger partial charge in [0.2, 0.25) is 5.91 Å². The Balaban J connectivity index is 1.92. The summed E-state index contributed by atoms with van der Waals surface area (Å²) in [7, 11) is 0. The van der Waals surface area contributed by atoms with Gasteiger partial charge >= 0.3 is 6.18 Å². The van der Waals surface area contributed by atoms with Crippen LogP contribution in [0.3, 0.4) is 0 Å². The summed E-state index contributed by atoms with van der Waals surface area (Å²) in [6.45, 7) is -0.0569. The van der Waals surface area contributed by atoms with Crippen LogP contribution in [-0.4, -0.2) is 12.5 Å². The Labute approximate surface area is 136 Å². The fourth-order valence-corrected chi connectivity index (χ4v) is 2.16. The van der Waals surface area contributed by atoms with E-state index in [9.17, 15) is 18.0 Å². The van der Waals surface area contributed by atoms with Crippen molar-refractivity contribution in [2.24, 2.45) is 0 Å². The van der Waals surface area contributed by atoms with Crippen molar-refractivity contribution >= 4 is 23.2 Å². The highest BCUT2D eigenvalue weighted by Crippen LogP contribution is 2.34. The zero-order valence-corrected chi connectivity index (χ0v) is 12.7. The van der Waals surface area contributed by atoms with E-state index in [1.165, 1.54) is 18.2 Å². The lowest BCUT2D eigenvalue weighted by molar-refractivity contribution is -0.137. The molecule has 2 aromatic rings. The summed E-state index contributed by atoms with van der Waals surface area (Å²) in [5.41, 5.74) is -0.204. The topological polar surface area (TPSA) is 41.1 Å². The second-order valence-electron chi connectivity index (χ2n) is 4.77. The van der Waals surface area contributed by atoms with Gasteiger partial charge in [-0.25, -0.2) is 0 Å². The van der Waals surface area contributed by atoms with Gasteiger partial charge < -0.3 is 10.6 Å². The Bertz CT molecular complexity index is 689. The number of nitrogens with one attached hydrogen (secondary N) is 2. The Morgan fingerprint density at radius 1 is 1.04 bits per heavy atom. The summed E-state index contributed by atoms with van der Waals surface area (Å²) >= 11 is 5.96. The minimum Gasteiger partial charge on any atom is -0.376 e. The Morgan fingerprint density at radius 3 is 2.39 bits per heavy atom. The summed E-state index contributed by atoms with van der Waals surface area (Å²) < 4.78 is 38.5. The molecule has 0 fully saturated rings. The minimum absolute atomic E-state index is 0.132. The minimum atomic E-state index is -4.47. The quantitative estimate of drug-likeness (QED) is 0.859. The van der Waals surface area contributed by atoms with Gasteiger partial charge in [0.25, 0.3) is 0 Å². The summed E-state index contributed by atoms with van der Waals surface area (Å²) in [6.07, 6.45) is -4.47. The third-order valence-corrected chi connectivity index (χ3v) is 3.47. The molecule has 0 heterocycles. The molecule has 23 heavy (non-hydrogen) atoms. The first kappa shape index (κ1) is 17.1. The Kier molecular flexibility index (Phi) is 5.50. The molecule has 0 bridgehead atoms. The molecule has 0 radical (unpaired) electrons. The number of amides is 1. The van der Waals surface area contributed by atoms with Crippen LogP contribution in [0.2, 0.25) is 5.02 Å². The van der Waals surface area contributed by atoms with Crippen LogP contribution in [0, 0.1) is 0 Å². The second-order valence-corrected chi connectivity index (χ2v) is 5.17. The van der Waals surface area contributed by atoms with Crippen LogP contribution >= 0.6 is 11.6 Å². The largest absolute Gasteiger partial charge is 0.418 e. The van der Waals surface area contributed by atoms with E-state index in [1.54, 1.807) is 24.3 Å². The molecule has 122 valence electrons. The van der Waals surface area contributed by atoms with Crippen molar-refractivity contribution in [1.29, 1.82) is 0 Å². The van der Waals surface area contributed by atoms with E-state index in [0.717, 1.165) is 11.6 Å². The highest BCUT2D eigenvalue weighted by molar-refractivity contribution is 6.31. The molecule has 0 saturated carbocycles. The van der Waals surface area contributed by atoms with Gasteiger partial charge in [-0.15, -0.1) is 0 Å². The van der Waals surface area contributed by atoms with Gasteiger partial charge in [-0.2, -0.15) is 13.2 Å². The van der Waals surface area contributed by atoms with E-state index < -0.39 is 17.6 Å². The van der Waals surface area contributed by atoms with Gasteiger partial charge in [0.05, 0.1) is 12.1 Å². The van der Waals surface area contributed by atoms with Crippen molar-refractivity contribution in [2.75, 3.05) is 11.9 Å². The van der Waals surface area contributed by atoms with Gasteiger partial charge in [0, 0.05) is 17.3 Å². The number of alkyl halides is 3. The van der Waals surface area contributed by atoms with E-state index in [0.29, 0.717) is 5.02 Å². The highest BCUT2D eigenvalue weighted by atomic mass is 35.5. The maximum absolute atomic E-state index is 12.8. The number of hydrogen-bond donors (Lipinski definition) is 2. The van der Waals surface area contributed by atoms with Crippen molar-refractivity contribution in [2.45, 2.75) is 12.7 Å². The molecule has 2 aromatic carbocycles. The van der Waals surface area contributed by atoms with E-state index in [-0.39, 0.29) is 18.8 Å². The summed E-state index contributed by atoms with van der Waals surface area (Å²) in [4.78, 5) is 11.8. The van der Waals surface area contributed by atoms with Crippen LogP contribution in [0.1, 0.15) is 11.1 Å². The van der Waals surface area contributed by atoms with Gasteiger partial charge in [0.1, 0.15) is 0 Å². The molecule has 0 aliphatic heterocycles. The molecule has 0 aliphatic rings. The van der Waals surface area contributed by atoms with Crippen molar-refractivity contribution < 1.29 is 18.0 Å². The highest BCUT2D eigenvalue weighted by Gasteiger charge is 2.33. The number of carbonyl (C=O) groups is 1. The van der Waals surface area contributed by atoms with E-state index in [4.69, 9.17) is 11.6 Å². The van der Waals surface area contributed by atoms with E-state index >= 15 is 0 Å². The van der Waals surface area contributed by atoms with E-state index in [1.807, 2.05) is 0 Å². The normalized spacial score (nSPS) is 11.1. The van der Waals surface area contributed by atoms with Crippen LogP contribution < -0.4 is 10.6 Å². The fourth-order valence-electron chi connectivity index (χ4n) is 1.96. The van der Waals surface area contributed by atoms with Gasteiger partial charge in [-0.05, 0) is 23.8 Å². The van der Waals surface area contributed by atoms with Crippen molar-refractivity contribution in [3.05, 3.63) is 64.7 Å². The molecule has 2 N–H and O–H groups in total. The molecule has 0 spiro atoms. The molecule has 0 atom stereocenters. The summed E-state index contributed by atoms with van der Waals surface area (Å²) in [5.74, 6) is -0.429. The number of rotatable bonds is 5. The first-order chi connectivity index (χ1) is 10.9. The number of halogens is 4. The lowest BCUT2D eigenvalue weighted by atomic mass is 10.1. The van der Waals surface area contributed by atoms with Gasteiger partial charge in [0.15, 0.2) is 0 Å². The van der Waals surface area contributed by atoms with Crippen molar-refractivity contribution in [3.63, 3.8) is 0 Å². The first-order valence-electron chi connectivity index (χ1n) is 6.78. The third kappa shape index (κ3) is 4.89. The molecule has 0 unspecified atom stereocenters. The summed E-state index contributed by atoms with van der Waals surface area (Å²) in [5, 5.41) is 5.62. The van der Waals surface area contributed by atoms with Gasteiger partial charge in [-0.1, -0.05) is 41.9 Å². The second kappa shape index (κ2) is 7.37. The lowest BCUT2D eigenvalue weighted by Crippen LogP contribution is -2.30. The zero-order chi connectivity index (χ0) is 16.9. The number of anilines is 1. The fraction of sp³-hybridized carbons (Fsp3) is 0.188. The molecule has 0 aliphatic carbocycles.